The van der Waals surface area contributed by atoms with Gasteiger partial charge in [0.2, 0.25) is 5.78 Å². The molecule has 0 saturated heterocycles. The summed E-state index contributed by atoms with van der Waals surface area (Å²) < 4.78 is 87.6. The Hall–Kier alpha value is -4.28. The van der Waals surface area contributed by atoms with Gasteiger partial charge in [0, 0.05) is 54.6 Å². The number of aromatic nitrogens is 3. The molecule has 1 aliphatic rings. The number of carbonyl (C=O) groups excluding carboxylic acids is 1. The highest BCUT2D eigenvalue weighted by Crippen LogP contribution is 2.47. The summed E-state index contributed by atoms with van der Waals surface area (Å²) >= 11 is 0. The SMILES string of the molecule is Cc1cnc2c3c(c(C(F)(F)F)cn12)-c1cccn2c(C(=O)c4cc(F)c(F)c(F)c4)cc(c12)CCN3C. The van der Waals surface area contributed by atoms with Crippen LogP contribution in [0.4, 0.5) is 32.0 Å². The van der Waals surface area contributed by atoms with Crippen LogP contribution in [0.25, 0.3) is 22.3 Å². The molecule has 0 saturated carbocycles. The molecule has 5 nitrogen and oxygen atoms in total. The number of rotatable bonds is 2. The third kappa shape index (κ3) is 3.41. The van der Waals surface area contributed by atoms with E-state index < -0.39 is 40.5 Å². The number of carbonyl (C=O) groups is 1. The van der Waals surface area contributed by atoms with E-state index in [0.717, 1.165) is 6.20 Å². The van der Waals surface area contributed by atoms with E-state index in [4.69, 9.17) is 0 Å². The summed E-state index contributed by atoms with van der Waals surface area (Å²) in [5, 5.41) is 0. The third-order valence-electron chi connectivity index (χ3n) is 6.98. The average molecular weight is 528 g/mol. The lowest BCUT2D eigenvalue weighted by Gasteiger charge is -2.28. The van der Waals surface area contributed by atoms with Gasteiger partial charge >= 0.3 is 6.18 Å². The van der Waals surface area contributed by atoms with Crippen molar-refractivity contribution in [3.63, 3.8) is 0 Å². The second-order valence-corrected chi connectivity index (χ2v) is 9.31. The highest BCUT2D eigenvalue weighted by atomic mass is 19.4. The van der Waals surface area contributed by atoms with Crippen molar-refractivity contribution in [2.24, 2.45) is 0 Å². The van der Waals surface area contributed by atoms with Gasteiger partial charge < -0.3 is 13.7 Å². The van der Waals surface area contributed by atoms with Crippen LogP contribution in [0.15, 0.2) is 48.9 Å². The highest BCUT2D eigenvalue weighted by molar-refractivity contribution is 6.10. The van der Waals surface area contributed by atoms with E-state index in [9.17, 15) is 31.1 Å². The number of alkyl halides is 3. The van der Waals surface area contributed by atoms with Crippen molar-refractivity contribution in [1.82, 2.24) is 13.8 Å². The summed E-state index contributed by atoms with van der Waals surface area (Å²) in [5.41, 5.74) is 0.985. The molecule has 0 aliphatic carbocycles. The molecule has 5 aromatic rings. The Kier molecular flexibility index (Phi) is 5.14. The first-order valence-electron chi connectivity index (χ1n) is 11.6. The Bertz CT molecular complexity index is 1780. The van der Waals surface area contributed by atoms with Crippen LogP contribution in [0, 0.1) is 24.4 Å². The van der Waals surface area contributed by atoms with Crippen molar-refractivity contribution in [3.8, 4) is 11.1 Å². The fraction of sp³-hybridized carbons (Fsp3) is 0.185. The minimum atomic E-state index is -4.71. The smallest absolute Gasteiger partial charge is 0.371 e. The Morgan fingerprint density at radius 2 is 1.76 bits per heavy atom. The van der Waals surface area contributed by atoms with Gasteiger partial charge in [-0.1, -0.05) is 6.07 Å². The number of hydrogen-bond donors (Lipinski definition) is 0. The zero-order valence-corrected chi connectivity index (χ0v) is 20.0. The number of fused-ring (bicyclic) bond motifs is 4. The van der Waals surface area contributed by atoms with Crippen LogP contribution in [-0.4, -0.2) is 33.2 Å². The molecular formula is C27H18F6N4O. The Labute approximate surface area is 211 Å². The molecule has 5 heterocycles. The van der Waals surface area contributed by atoms with Gasteiger partial charge in [0.1, 0.15) is 0 Å². The van der Waals surface area contributed by atoms with E-state index in [1.807, 2.05) is 0 Å². The lowest BCUT2D eigenvalue weighted by Crippen LogP contribution is -2.25. The second kappa shape index (κ2) is 8.11. The summed E-state index contributed by atoms with van der Waals surface area (Å²) in [7, 11) is 1.68. The number of hydrogen-bond acceptors (Lipinski definition) is 3. The topological polar surface area (TPSA) is 42.0 Å². The Morgan fingerprint density at radius 1 is 1.05 bits per heavy atom. The molecule has 38 heavy (non-hydrogen) atoms. The van der Waals surface area contributed by atoms with Crippen LogP contribution < -0.4 is 4.90 Å². The maximum absolute atomic E-state index is 14.5. The van der Waals surface area contributed by atoms with Crippen LogP contribution in [0.1, 0.15) is 32.9 Å². The highest BCUT2D eigenvalue weighted by Gasteiger charge is 2.39. The fourth-order valence-electron chi connectivity index (χ4n) is 5.21. The second-order valence-electron chi connectivity index (χ2n) is 9.31. The van der Waals surface area contributed by atoms with Gasteiger partial charge in [0.05, 0.1) is 22.5 Å². The van der Waals surface area contributed by atoms with Crippen LogP contribution in [0.5, 0.6) is 0 Å². The molecule has 0 amide bonds. The van der Waals surface area contributed by atoms with Crippen LogP contribution in [0.2, 0.25) is 0 Å². The Morgan fingerprint density at radius 3 is 2.45 bits per heavy atom. The van der Waals surface area contributed by atoms with E-state index in [1.165, 1.54) is 33.3 Å². The average Bonchev–Trinajstić information content (AvgIpc) is 3.43. The zero-order valence-electron chi connectivity index (χ0n) is 20.0. The van der Waals surface area contributed by atoms with E-state index >= 15 is 0 Å². The third-order valence-corrected chi connectivity index (χ3v) is 6.98. The number of anilines is 1. The number of aryl methyl sites for hydroxylation is 1. The van der Waals surface area contributed by atoms with Crippen molar-refractivity contribution >= 4 is 22.6 Å². The number of benzene rings is 1. The van der Waals surface area contributed by atoms with Crippen LogP contribution in [0.3, 0.4) is 0 Å². The minimum Gasteiger partial charge on any atom is -0.371 e. The summed E-state index contributed by atoms with van der Waals surface area (Å²) in [6.45, 7) is 1.97. The predicted octanol–water partition coefficient (Wildman–Crippen LogP) is 6.22. The maximum atomic E-state index is 14.5. The normalized spacial score (nSPS) is 13.6. The summed E-state index contributed by atoms with van der Waals surface area (Å²) in [4.78, 5) is 19.4. The molecule has 1 aromatic carbocycles. The van der Waals surface area contributed by atoms with Gasteiger partial charge in [-0.05, 0) is 43.2 Å². The van der Waals surface area contributed by atoms with Crippen molar-refractivity contribution in [2.75, 3.05) is 18.5 Å². The summed E-state index contributed by atoms with van der Waals surface area (Å²) in [6.07, 6.45) is -0.325. The van der Waals surface area contributed by atoms with E-state index in [-0.39, 0.29) is 16.8 Å². The van der Waals surface area contributed by atoms with Gasteiger partial charge in [0.25, 0.3) is 0 Å². The van der Waals surface area contributed by atoms with Crippen molar-refractivity contribution in [1.29, 1.82) is 0 Å². The number of halogens is 6. The lowest BCUT2D eigenvalue weighted by atomic mass is 9.94. The van der Waals surface area contributed by atoms with Gasteiger partial charge in [-0.15, -0.1) is 0 Å². The predicted molar refractivity (Wildman–Crippen MR) is 128 cm³/mol. The number of pyridine rings is 2. The van der Waals surface area contributed by atoms with Crippen molar-refractivity contribution in [3.05, 3.63) is 94.5 Å². The molecule has 0 N–H and O–H groups in total. The first-order valence-corrected chi connectivity index (χ1v) is 11.6. The molecule has 0 fully saturated rings. The van der Waals surface area contributed by atoms with Crippen LogP contribution in [-0.2, 0) is 12.6 Å². The molecule has 194 valence electrons. The minimum absolute atomic E-state index is 0.0142. The Balaban J connectivity index is 1.68. The number of nitrogens with zero attached hydrogens (tertiary/aromatic N) is 4. The maximum Gasteiger partial charge on any atom is 0.418 e. The van der Waals surface area contributed by atoms with Crippen molar-refractivity contribution in [2.45, 2.75) is 19.5 Å². The monoisotopic (exact) mass is 528 g/mol. The van der Waals surface area contributed by atoms with E-state index in [1.54, 1.807) is 24.9 Å². The van der Waals surface area contributed by atoms with Gasteiger partial charge in [-0.2, -0.15) is 13.2 Å². The number of imidazole rings is 1. The molecule has 0 radical (unpaired) electrons. The van der Waals surface area contributed by atoms with Gasteiger partial charge in [-0.25, -0.2) is 18.2 Å². The molecule has 6 rings (SSSR count). The van der Waals surface area contributed by atoms with Gasteiger partial charge in [0.15, 0.2) is 23.1 Å². The first kappa shape index (κ1) is 24.1. The van der Waals surface area contributed by atoms with Gasteiger partial charge in [-0.3, -0.25) is 4.79 Å². The standard InChI is InChI=1S/C27H18F6N4O/c1-13-11-34-26-24-21(17(12-37(13)26)27(31,32)33)16-4-3-6-36-20(10-14(23(16)36)5-7-35(24)2)25(38)15-8-18(28)22(30)19(29)9-15/h3-4,6,8-12H,5,7H2,1-2H3. The molecule has 11 heteroatoms. The fourth-order valence-corrected chi connectivity index (χ4v) is 5.21. The van der Waals surface area contributed by atoms with E-state index in [2.05, 4.69) is 4.98 Å². The molecule has 1 aliphatic heterocycles. The molecule has 0 unspecified atom stereocenters. The molecular weight excluding hydrogens is 510 g/mol. The summed E-state index contributed by atoms with van der Waals surface area (Å²) in [6, 6.07) is 5.75. The molecule has 4 aromatic heterocycles. The number of likely N-dealkylation sites (N-methyl/N-ethyl adjacent to an activating group) is 1. The van der Waals surface area contributed by atoms with E-state index in [0.29, 0.717) is 53.2 Å². The molecule has 0 spiro atoms. The largest absolute Gasteiger partial charge is 0.418 e. The molecule has 0 bridgehead atoms. The summed E-state index contributed by atoms with van der Waals surface area (Å²) in [5.74, 6) is -5.53. The lowest BCUT2D eigenvalue weighted by molar-refractivity contribution is -0.137. The molecule has 0 atom stereocenters. The number of ketones is 1. The van der Waals surface area contributed by atoms with Crippen molar-refractivity contribution < 1.29 is 31.1 Å². The quantitative estimate of drug-likeness (QED) is 0.155. The zero-order chi connectivity index (χ0) is 27.1. The van der Waals surface area contributed by atoms with Crippen LogP contribution >= 0.6 is 0 Å². The first-order chi connectivity index (χ1) is 18.0.